The van der Waals surface area contributed by atoms with E-state index in [4.69, 9.17) is 0 Å². The van der Waals surface area contributed by atoms with Crippen LogP contribution in [0.15, 0.2) is 0 Å². The fraction of sp³-hybridized carbons (Fsp3) is 0.778. The lowest BCUT2D eigenvalue weighted by Crippen LogP contribution is -2.16. The molecule has 1 radical (unpaired) electrons. The van der Waals surface area contributed by atoms with Gasteiger partial charge in [0.05, 0.1) is 0 Å². The van der Waals surface area contributed by atoms with Crippen LogP contribution in [-0.4, -0.2) is 24.9 Å². The zero-order valence-electron chi connectivity index (χ0n) is 7.12. The van der Waals surface area contributed by atoms with Crippen LogP contribution in [0.2, 0.25) is 0 Å². The lowest BCUT2D eigenvalue weighted by atomic mass is 10.2. The fourth-order valence-corrected chi connectivity index (χ4v) is 1.15. The zero-order valence-corrected chi connectivity index (χ0v) is 7.12. The molecule has 0 aliphatic heterocycles. The standard InChI is InChI=1S/C9H16NO/c1-10(8-11)7-3-2-4-9-5-6-9/h5,8-9H,2-4,6-7H2,1H3. The van der Waals surface area contributed by atoms with E-state index in [0.717, 1.165) is 25.3 Å². The quantitative estimate of drug-likeness (QED) is 0.419. The second-order valence-electron chi connectivity index (χ2n) is 3.31. The highest BCUT2D eigenvalue weighted by molar-refractivity contribution is 5.46. The van der Waals surface area contributed by atoms with Gasteiger partial charge in [0, 0.05) is 13.6 Å². The Labute approximate surface area is 68.6 Å². The molecule has 0 saturated heterocycles. The molecule has 1 atom stereocenters. The van der Waals surface area contributed by atoms with Crippen molar-refractivity contribution in [2.24, 2.45) is 5.92 Å². The maximum atomic E-state index is 10.2. The third-order valence-electron chi connectivity index (χ3n) is 2.08. The summed E-state index contributed by atoms with van der Waals surface area (Å²) in [6.07, 6.45) is 8.31. The summed E-state index contributed by atoms with van der Waals surface area (Å²) in [5.74, 6) is 0.913. The van der Waals surface area contributed by atoms with Crippen molar-refractivity contribution in [1.29, 1.82) is 0 Å². The van der Waals surface area contributed by atoms with Gasteiger partial charge < -0.3 is 4.90 Å². The van der Waals surface area contributed by atoms with Crippen molar-refractivity contribution >= 4 is 6.41 Å². The van der Waals surface area contributed by atoms with Crippen LogP contribution in [0.25, 0.3) is 0 Å². The van der Waals surface area contributed by atoms with E-state index in [1.54, 1.807) is 4.90 Å². The van der Waals surface area contributed by atoms with Crippen molar-refractivity contribution in [3.05, 3.63) is 6.42 Å². The van der Waals surface area contributed by atoms with Crippen molar-refractivity contribution in [3.8, 4) is 0 Å². The Balaban J connectivity index is 1.82. The second kappa shape index (κ2) is 4.37. The van der Waals surface area contributed by atoms with Crippen molar-refractivity contribution in [2.45, 2.75) is 25.7 Å². The Morgan fingerprint density at radius 2 is 2.36 bits per heavy atom. The number of amides is 1. The maximum absolute atomic E-state index is 10.2. The minimum Gasteiger partial charge on any atom is -0.348 e. The van der Waals surface area contributed by atoms with E-state index in [9.17, 15) is 4.79 Å². The van der Waals surface area contributed by atoms with Gasteiger partial charge in [-0.25, -0.2) is 0 Å². The molecule has 0 N–H and O–H groups in total. The number of hydrogen-bond donors (Lipinski definition) is 0. The molecule has 0 bridgehead atoms. The van der Waals surface area contributed by atoms with Gasteiger partial charge in [-0.05, 0) is 25.2 Å². The van der Waals surface area contributed by atoms with Gasteiger partial charge >= 0.3 is 0 Å². The maximum Gasteiger partial charge on any atom is 0.209 e. The highest BCUT2D eigenvalue weighted by atomic mass is 16.1. The van der Waals surface area contributed by atoms with Crippen LogP contribution in [-0.2, 0) is 4.79 Å². The normalized spacial score (nSPS) is 16.5. The topological polar surface area (TPSA) is 20.3 Å². The molecule has 1 amide bonds. The largest absolute Gasteiger partial charge is 0.348 e. The number of unbranched alkanes of at least 4 members (excludes halogenated alkanes) is 1. The Morgan fingerprint density at radius 1 is 1.64 bits per heavy atom. The summed E-state index contributed by atoms with van der Waals surface area (Å²) >= 11 is 0. The third-order valence-corrected chi connectivity index (χ3v) is 2.08. The predicted molar refractivity (Wildman–Crippen MR) is 45.0 cm³/mol. The van der Waals surface area contributed by atoms with Crippen molar-refractivity contribution < 1.29 is 4.79 Å². The van der Waals surface area contributed by atoms with Crippen LogP contribution in [0, 0.1) is 12.3 Å². The number of hydrogen-bond acceptors (Lipinski definition) is 1. The van der Waals surface area contributed by atoms with Crippen molar-refractivity contribution in [2.75, 3.05) is 13.6 Å². The van der Waals surface area contributed by atoms with E-state index >= 15 is 0 Å². The summed E-state index contributed by atoms with van der Waals surface area (Å²) in [5.41, 5.74) is 0. The van der Waals surface area contributed by atoms with Crippen molar-refractivity contribution in [1.82, 2.24) is 4.90 Å². The molecule has 0 heterocycles. The molecule has 11 heavy (non-hydrogen) atoms. The van der Waals surface area contributed by atoms with E-state index in [0.29, 0.717) is 0 Å². The molecule has 1 rings (SSSR count). The molecule has 2 heteroatoms. The van der Waals surface area contributed by atoms with Gasteiger partial charge in [0.25, 0.3) is 0 Å². The van der Waals surface area contributed by atoms with E-state index in [-0.39, 0.29) is 0 Å². The first kappa shape index (κ1) is 8.57. The fourth-order valence-electron chi connectivity index (χ4n) is 1.15. The number of rotatable bonds is 6. The monoisotopic (exact) mass is 154 g/mol. The molecule has 63 valence electrons. The summed E-state index contributed by atoms with van der Waals surface area (Å²) in [5, 5.41) is 0. The summed E-state index contributed by atoms with van der Waals surface area (Å²) in [4.78, 5) is 11.9. The lowest BCUT2D eigenvalue weighted by Gasteiger charge is -2.08. The Morgan fingerprint density at radius 3 is 2.91 bits per heavy atom. The van der Waals surface area contributed by atoms with E-state index in [2.05, 4.69) is 6.42 Å². The number of nitrogens with zero attached hydrogens (tertiary/aromatic N) is 1. The van der Waals surface area contributed by atoms with Gasteiger partial charge in [-0.2, -0.15) is 0 Å². The van der Waals surface area contributed by atoms with Crippen LogP contribution >= 0.6 is 0 Å². The molecule has 1 saturated carbocycles. The van der Waals surface area contributed by atoms with Crippen LogP contribution < -0.4 is 0 Å². The smallest absolute Gasteiger partial charge is 0.209 e. The molecule has 1 unspecified atom stereocenters. The summed E-state index contributed by atoms with van der Waals surface area (Å²) in [7, 11) is 1.83. The summed E-state index contributed by atoms with van der Waals surface area (Å²) in [6, 6.07) is 0. The molecular formula is C9H16NO. The first-order valence-electron chi connectivity index (χ1n) is 4.32. The molecule has 0 aromatic carbocycles. The van der Waals surface area contributed by atoms with Gasteiger partial charge in [0.15, 0.2) is 0 Å². The number of carbonyl (C=O) groups is 1. The predicted octanol–water partition coefficient (Wildman–Crippen LogP) is 1.47. The molecule has 1 fully saturated rings. The summed E-state index contributed by atoms with van der Waals surface area (Å²) < 4.78 is 0. The van der Waals surface area contributed by atoms with Gasteiger partial charge in [0.1, 0.15) is 0 Å². The van der Waals surface area contributed by atoms with E-state index in [1.165, 1.54) is 19.3 Å². The minimum absolute atomic E-state index is 0.892. The van der Waals surface area contributed by atoms with Gasteiger partial charge in [-0.3, -0.25) is 4.79 Å². The van der Waals surface area contributed by atoms with Crippen LogP contribution in [0.1, 0.15) is 25.7 Å². The molecule has 0 aromatic rings. The van der Waals surface area contributed by atoms with Crippen molar-refractivity contribution in [3.63, 3.8) is 0 Å². The highest BCUT2D eigenvalue weighted by Gasteiger charge is 2.20. The SMILES string of the molecule is CN(C=O)CCCCC1[CH]C1. The van der Waals surface area contributed by atoms with E-state index in [1.807, 2.05) is 7.05 Å². The molecule has 2 nitrogen and oxygen atoms in total. The molecular weight excluding hydrogens is 138 g/mol. The first-order chi connectivity index (χ1) is 5.33. The average molecular weight is 154 g/mol. The van der Waals surface area contributed by atoms with Crippen LogP contribution in [0.4, 0.5) is 0 Å². The highest BCUT2D eigenvalue weighted by Crippen LogP contribution is 2.32. The third kappa shape index (κ3) is 4.02. The van der Waals surface area contributed by atoms with Gasteiger partial charge in [0.2, 0.25) is 6.41 Å². The van der Waals surface area contributed by atoms with Crippen LogP contribution in [0.3, 0.4) is 0 Å². The molecule has 1 aliphatic carbocycles. The molecule has 0 aromatic heterocycles. The van der Waals surface area contributed by atoms with Gasteiger partial charge in [-0.1, -0.05) is 12.8 Å². The van der Waals surface area contributed by atoms with Crippen LogP contribution in [0.5, 0.6) is 0 Å². The molecule has 0 spiro atoms. The minimum atomic E-state index is 0.892. The average Bonchev–Trinajstić information content (AvgIpc) is 2.81. The Kier molecular flexibility index (Phi) is 3.40. The lowest BCUT2D eigenvalue weighted by molar-refractivity contribution is -0.117. The molecule has 1 aliphatic rings. The number of carbonyl (C=O) groups excluding carboxylic acids is 1. The van der Waals surface area contributed by atoms with E-state index < -0.39 is 0 Å². The first-order valence-corrected chi connectivity index (χ1v) is 4.32. The Hall–Kier alpha value is -0.530. The Bertz CT molecular complexity index is 121. The second-order valence-corrected chi connectivity index (χ2v) is 3.31. The summed E-state index contributed by atoms with van der Waals surface area (Å²) in [6.45, 7) is 0.913. The zero-order chi connectivity index (χ0) is 8.10. The van der Waals surface area contributed by atoms with Gasteiger partial charge in [-0.15, -0.1) is 0 Å².